The lowest BCUT2D eigenvalue weighted by molar-refractivity contribution is 0.140. The van der Waals surface area contributed by atoms with Crippen LogP contribution in [0.25, 0.3) is 0 Å². The fraction of sp³-hybridized carbons (Fsp3) is 0.235. The van der Waals surface area contributed by atoms with Crippen LogP contribution in [0.1, 0.15) is 28.3 Å². The molecule has 3 nitrogen and oxygen atoms in total. The Morgan fingerprint density at radius 2 is 1.90 bits per heavy atom. The number of hydrogen-bond acceptors (Lipinski definition) is 3. The molecule has 0 bridgehead atoms. The fourth-order valence-electron chi connectivity index (χ4n) is 2.74. The molecule has 2 aromatic rings. The van der Waals surface area contributed by atoms with Crippen molar-refractivity contribution in [2.45, 2.75) is 25.1 Å². The van der Waals surface area contributed by atoms with Crippen LogP contribution in [-0.4, -0.2) is 11.2 Å². The van der Waals surface area contributed by atoms with E-state index in [1.54, 1.807) is 0 Å². The Labute approximate surface area is 118 Å². The van der Waals surface area contributed by atoms with Gasteiger partial charge in [-0.1, -0.05) is 36.4 Å². The van der Waals surface area contributed by atoms with Gasteiger partial charge in [-0.2, -0.15) is 5.26 Å². The van der Waals surface area contributed by atoms with Crippen LogP contribution >= 0.6 is 0 Å². The van der Waals surface area contributed by atoms with Crippen molar-refractivity contribution in [1.82, 2.24) is 5.32 Å². The van der Waals surface area contributed by atoms with E-state index < -0.39 is 0 Å². The van der Waals surface area contributed by atoms with E-state index in [4.69, 9.17) is 5.26 Å². The number of fused-ring (bicyclic) bond motifs is 1. The van der Waals surface area contributed by atoms with Crippen molar-refractivity contribution >= 4 is 0 Å². The van der Waals surface area contributed by atoms with E-state index in [0.717, 1.165) is 5.56 Å². The number of aliphatic hydroxyl groups is 1. The summed E-state index contributed by atoms with van der Waals surface area (Å²) in [5.41, 5.74) is 4.19. The zero-order valence-electron chi connectivity index (χ0n) is 11.1. The molecule has 100 valence electrons. The first-order valence-electron chi connectivity index (χ1n) is 6.76. The molecule has 0 saturated carbocycles. The predicted octanol–water partition coefficient (Wildman–Crippen LogP) is 2.31. The van der Waals surface area contributed by atoms with Gasteiger partial charge in [-0.3, -0.25) is 0 Å². The molecule has 20 heavy (non-hydrogen) atoms. The third kappa shape index (κ3) is 2.44. The summed E-state index contributed by atoms with van der Waals surface area (Å²) < 4.78 is 0. The van der Waals surface area contributed by atoms with Gasteiger partial charge in [0.2, 0.25) is 0 Å². The molecule has 0 aliphatic heterocycles. The van der Waals surface area contributed by atoms with Crippen LogP contribution in [0.2, 0.25) is 0 Å². The van der Waals surface area contributed by atoms with Crippen LogP contribution in [0, 0.1) is 11.3 Å². The van der Waals surface area contributed by atoms with Crippen molar-refractivity contribution in [3.63, 3.8) is 0 Å². The van der Waals surface area contributed by atoms with E-state index >= 15 is 0 Å². The summed E-state index contributed by atoms with van der Waals surface area (Å²) in [6, 6.07) is 17.8. The summed E-state index contributed by atoms with van der Waals surface area (Å²) in [6.45, 7) is 0.682. The number of nitrogens with one attached hydrogen (secondary N) is 1. The van der Waals surface area contributed by atoms with Crippen molar-refractivity contribution < 1.29 is 5.11 Å². The molecule has 0 amide bonds. The van der Waals surface area contributed by atoms with Gasteiger partial charge in [0.05, 0.1) is 23.8 Å². The molecule has 3 rings (SSSR count). The average Bonchev–Trinajstić information content (AvgIpc) is 2.81. The highest BCUT2D eigenvalue weighted by atomic mass is 16.3. The summed E-state index contributed by atoms with van der Waals surface area (Å²) in [5, 5.41) is 22.3. The van der Waals surface area contributed by atoms with Gasteiger partial charge in [0.1, 0.15) is 0 Å². The van der Waals surface area contributed by atoms with Gasteiger partial charge < -0.3 is 10.4 Å². The monoisotopic (exact) mass is 264 g/mol. The fourth-order valence-corrected chi connectivity index (χ4v) is 2.74. The lowest BCUT2D eigenvalue weighted by Gasteiger charge is -2.18. The van der Waals surface area contributed by atoms with Gasteiger partial charge in [-0.25, -0.2) is 0 Å². The maximum atomic E-state index is 10.2. The van der Waals surface area contributed by atoms with Gasteiger partial charge in [0.25, 0.3) is 0 Å². The van der Waals surface area contributed by atoms with E-state index in [1.165, 1.54) is 11.1 Å². The van der Waals surface area contributed by atoms with Crippen molar-refractivity contribution in [2.24, 2.45) is 0 Å². The number of aliphatic hydroxyl groups excluding tert-OH is 1. The van der Waals surface area contributed by atoms with E-state index in [0.29, 0.717) is 18.5 Å². The summed E-state index contributed by atoms with van der Waals surface area (Å²) in [7, 11) is 0. The summed E-state index contributed by atoms with van der Waals surface area (Å²) in [5.74, 6) is 0. The topological polar surface area (TPSA) is 56.0 Å². The quantitative estimate of drug-likeness (QED) is 0.894. The van der Waals surface area contributed by atoms with Crippen molar-refractivity contribution in [3.05, 3.63) is 70.8 Å². The molecule has 2 N–H and O–H groups in total. The third-order valence-corrected chi connectivity index (χ3v) is 3.81. The second kappa shape index (κ2) is 5.46. The predicted molar refractivity (Wildman–Crippen MR) is 76.9 cm³/mol. The molecule has 0 heterocycles. The second-order valence-corrected chi connectivity index (χ2v) is 5.14. The minimum Gasteiger partial charge on any atom is -0.391 e. The zero-order valence-corrected chi connectivity index (χ0v) is 11.1. The molecule has 0 spiro atoms. The molecule has 0 fully saturated rings. The maximum Gasteiger partial charge on any atom is 0.0991 e. The molecule has 2 atom stereocenters. The highest BCUT2D eigenvalue weighted by Crippen LogP contribution is 2.31. The molecule has 1 aliphatic rings. The SMILES string of the molecule is N#Cc1ccc(CN[C@@H]2c3ccccc3C[C@@H]2O)cc1. The normalized spacial score (nSPS) is 20.4. The largest absolute Gasteiger partial charge is 0.391 e. The zero-order chi connectivity index (χ0) is 13.9. The first kappa shape index (κ1) is 12.9. The number of nitriles is 1. The van der Waals surface area contributed by atoms with Crippen molar-refractivity contribution in [3.8, 4) is 6.07 Å². The second-order valence-electron chi connectivity index (χ2n) is 5.14. The van der Waals surface area contributed by atoms with Gasteiger partial charge in [0.15, 0.2) is 0 Å². The van der Waals surface area contributed by atoms with Crippen LogP contribution in [0.4, 0.5) is 0 Å². The number of nitrogens with zero attached hydrogens (tertiary/aromatic N) is 1. The van der Waals surface area contributed by atoms with E-state index in [2.05, 4.69) is 23.5 Å². The van der Waals surface area contributed by atoms with Crippen LogP contribution in [0.3, 0.4) is 0 Å². The number of rotatable bonds is 3. The molecule has 2 aromatic carbocycles. The Morgan fingerprint density at radius 1 is 1.15 bits per heavy atom. The van der Waals surface area contributed by atoms with Gasteiger partial charge in [-0.15, -0.1) is 0 Å². The Bertz CT molecular complexity index is 643. The van der Waals surface area contributed by atoms with E-state index in [1.807, 2.05) is 36.4 Å². The van der Waals surface area contributed by atoms with Crippen LogP contribution in [0.15, 0.2) is 48.5 Å². The Morgan fingerprint density at radius 3 is 2.65 bits per heavy atom. The van der Waals surface area contributed by atoms with Crippen LogP contribution < -0.4 is 5.32 Å². The van der Waals surface area contributed by atoms with Gasteiger partial charge >= 0.3 is 0 Å². The minimum absolute atomic E-state index is 0.0122. The van der Waals surface area contributed by atoms with Gasteiger partial charge in [-0.05, 0) is 28.8 Å². The van der Waals surface area contributed by atoms with Crippen molar-refractivity contribution in [2.75, 3.05) is 0 Å². The summed E-state index contributed by atoms with van der Waals surface area (Å²) >= 11 is 0. The third-order valence-electron chi connectivity index (χ3n) is 3.81. The smallest absolute Gasteiger partial charge is 0.0991 e. The average molecular weight is 264 g/mol. The number of benzene rings is 2. The van der Waals surface area contributed by atoms with E-state index in [9.17, 15) is 5.11 Å². The summed E-state index contributed by atoms with van der Waals surface area (Å²) in [6.07, 6.45) is 0.340. The minimum atomic E-state index is -0.370. The van der Waals surface area contributed by atoms with Crippen molar-refractivity contribution in [1.29, 1.82) is 5.26 Å². The molecule has 0 saturated heterocycles. The Balaban J connectivity index is 1.70. The molecular weight excluding hydrogens is 248 g/mol. The lowest BCUT2D eigenvalue weighted by Crippen LogP contribution is -2.28. The first-order valence-corrected chi connectivity index (χ1v) is 6.76. The number of hydrogen-bond donors (Lipinski definition) is 2. The first-order chi connectivity index (χ1) is 9.78. The van der Waals surface area contributed by atoms with Crippen LogP contribution in [-0.2, 0) is 13.0 Å². The van der Waals surface area contributed by atoms with E-state index in [-0.39, 0.29) is 12.1 Å². The molecule has 0 radical (unpaired) electrons. The summed E-state index contributed by atoms with van der Waals surface area (Å²) in [4.78, 5) is 0. The maximum absolute atomic E-state index is 10.2. The highest BCUT2D eigenvalue weighted by Gasteiger charge is 2.29. The Hall–Kier alpha value is -2.15. The molecule has 0 unspecified atom stereocenters. The highest BCUT2D eigenvalue weighted by molar-refractivity contribution is 5.37. The molecule has 3 heteroatoms. The molecular formula is C17H16N2O. The Kier molecular flexibility index (Phi) is 3.51. The standard InChI is InChI=1S/C17H16N2O/c18-10-12-5-7-13(8-6-12)11-19-17-15-4-2-1-3-14(15)9-16(17)20/h1-8,16-17,19-20H,9,11H2/t16-,17+/m0/s1. The molecule has 0 aromatic heterocycles. The van der Waals surface area contributed by atoms with Gasteiger partial charge in [0, 0.05) is 13.0 Å². The lowest BCUT2D eigenvalue weighted by atomic mass is 10.1. The van der Waals surface area contributed by atoms with Crippen LogP contribution in [0.5, 0.6) is 0 Å². The molecule has 1 aliphatic carbocycles.